The summed E-state index contributed by atoms with van der Waals surface area (Å²) in [5, 5.41) is 3.46. The second-order valence-corrected chi connectivity index (χ2v) is 8.71. The maximum absolute atomic E-state index is 5.56. The molecular formula is C14H20Br2N2OS. The Morgan fingerprint density at radius 1 is 1.25 bits per heavy atom. The summed E-state index contributed by atoms with van der Waals surface area (Å²) < 4.78 is 7.95. The van der Waals surface area contributed by atoms with Crippen LogP contribution < -0.4 is 5.32 Å². The highest BCUT2D eigenvalue weighted by Crippen LogP contribution is 2.42. The second-order valence-electron chi connectivity index (χ2n) is 5.45. The highest BCUT2D eigenvalue weighted by molar-refractivity contribution is 9.13. The highest BCUT2D eigenvalue weighted by Gasteiger charge is 2.32. The van der Waals surface area contributed by atoms with Crippen molar-refractivity contribution in [2.45, 2.75) is 18.9 Å². The first kappa shape index (κ1) is 15.4. The third kappa shape index (κ3) is 3.47. The summed E-state index contributed by atoms with van der Waals surface area (Å²) in [5.41, 5.74) is 0. The molecule has 0 radical (unpaired) electrons. The minimum atomic E-state index is 0.550. The molecule has 2 aliphatic heterocycles. The summed E-state index contributed by atoms with van der Waals surface area (Å²) in [6.45, 7) is 6.34. The smallest absolute Gasteiger partial charge is 0.0843 e. The van der Waals surface area contributed by atoms with Gasteiger partial charge in [0.2, 0.25) is 0 Å². The normalized spacial score (nSPS) is 23.9. The molecule has 0 aromatic carbocycles. The zero-order valence-electron chi connectivity index (χ0n) is 11.4. The van der Waals surface area contributed by atoms with Crippen molar-refractivity contribution in [3.8, 4) is 0 Å². The molecule has 20 heavy (non-hydrogen) atoms. The van der Waals surface area contributed by atoms with Crippen LogP contribution in [0, 0.1) is 5.92 Å². The summed E-state index contributed by atoms with van der Waals surface area (Å²) in [4.78, 5) is 4.15. The van der Waals surface area contributed by atoms with Gasteiger partial charge >= 0.3 is 0 Å². The lowest BCUT2D eigenvalue weighted by molar-refractivity contribution is 0.0223. The first-order valence-electron chi connectivity index (χ1n) is 7.23. The fourth-order valence-electron chi connectivity index (χ4n) is 3.21. The van der Waals surface area contributed by atoms with Gasteiger partial charge in [-0.25, -0.2) is 0 Å². The van der Waals surface area contributed by atoms with Crippen LogP contribution in [-0.4, -0.2) is 44.3 Å². The Kier molecular flexibility index (Phi) is 5.56. The van der Waals surface area contributed by atoms with Crippen molar-refractivity contribution in [3.05, 3.63) is 19.2 Å². The Hall–Kier alpha value is 0.540. The number of nitrogens with zero attached hydrogens (tertiary/aromatic N) is 1. The molecular weight excluding hydrogens is 404 g/mol. The summed E-state index contributed by atoms with van der Waals surface area (Å²) in [6, 6.07) is 2.85. The third-order valence-electron chi connectivity index (χ3n) is 4.21. The van der Waals surface area contributed by atoms with Gasteiger partial charge < -0.3 is 10.1 Å². The van der Waals surface area contributed by atoms with E-state index < -0.39 is 0 Å². The van der Waals surface area contributed by atoms with Crippen LogP contribution in [0.2, 0.25) is 0 Å². The predicted molar refractivity (Wildman–Crippen MR) is 90.4 cm³/mol. The van der Waals surface area contributed by atoms with E-state index in [0.717, 1.165) is 45.3 Å². The molecule has 0 saturated carbocycles. The number of hydrogen-bond donors (Lipinski definition) is 1. The Bertz CT molecular complexity index is 405. The van der Waals surface area contributed by atoms with E-state index in [-0.39, 0.29) is 0 Å². The summed E-state index contributed by atoms with van der Waals surface area (Å²) in [5.74, 6) is 0.722. The van der Waals surface area contributed by atoms with Gasteiger partial charge in [-0.2, -0.15) is 0 Å². The van der Waals surface area contributed by atoms with Gasteiger partial charge in [0, 0.05) is 54.8 Å². The lowest BCUT2D eigenvalue weighted by atomic mass is 9.89. The average molecular weight is 424 g/mol. The van der Waals surface area contributed by atoms with E-state index in [4.69, 9.17) is 4.74 Å². The Morgan fingerprint density at radius 2 is 1.95 bits per heavy atom. The molecule has 6 heteroatoms. The summed E-state index contributed by atoms with van der Waals surface area (Å²) in [6.07, 6.45) is 2.36. The SMILES string of the molecule is Brc1cc([C@@H](C2CCOCC2)N2CCNCC2)sc1Br. The topological polar surface area (TPSA) is 24.5 Å². The Labute approximate surface area is 141 Å². The zero-order chi connectivity index (χ0) is 13.9. The van der Waals surface area contributed by atoms with Gasteiger partial charge in [0.1, 0.15) is 0 Å². The standard InChI is InChI=1S/C14H20Br2N2OS/c15-11-9-12(20-14(11)16)13(10-1-7-19-8-2-10)18-5-3-17-4-6-18/h9-10,13,17H,1-8H2/t13-/m1/s1. The lowest BCUT2D eigenvalue weighted by Gasteiger charge is -2.40. The monoisotopic (exact) mass is 422 g/mol. The summed E-state index contributed by atoms with van der Waals surface area (Å²) >= 11 is 9.17. The molecule has 1 aromatic heterocycles. The van der Waals surface area contributed by atoms with Crippen molar-refractivity contribution in [2.24, 2.45) is 5.92 Å². The largest absolute Gasteiger partial charge is 0.381 e. The maximum atomic E-state index is 5.56. The highest BCUT2D eigenvalue weighted by atomic mass is 79.9. The van der Waals surface area contributed by atoms with Gasteiger partial charge in [0.25, 0.3) is 0 Å². The molecule has 2 aliphatic rings. The maximum Gasteiger partial charge on any atom is 0.0843 e. The lowest BCUT2D eigenvalue weighted by Crippen LogP contribution is -2.47. The van der Waals surface area contributed by atoms with Crippen molar-refractivity contribution in [2.75, 3.05) is 39.4 Å². The minimum absolute atomic E-state index is 0.550. The van der Waals surface area contributed by atoms with E-state index in [1.54, 1.807) is 0 Å². The molecule has 0 unspecified atom stereocenters. The molecule has 2 fully saturated rings. The Morgan fingerprint density at radius 3 is 2.55 bits per heavy atom. The molecule has 112 valence electrons. The molecule has 1 N–H and O–H groups in total. The molecule has 1 aromatic rings. The van der Waals surface area contributed by atoms with Crippen molar-refractivity contribution in [1.29, 1.82) is 0 Å². The molecule has 1 atom stereocenters. The second kappa shape index (κ2) is 7.20. The first-order valence-corrected chi connectivity index (χ1v) is 9.63. The van der Waals surface area contributed by atoms with Crippen molar-refractivity contribution in [1.82, 2.24) is 10.2 Å². The molecule has 0 amide bonds. The fourth-order valence-corrected chi connectivity index (χ4v) is 5.53. The van der Waals surface area contributed by atoms with E-state index in [2.05, 4.69) is 48.1 Å². The average Bonchev–Trinajstić information content (AvgIpc) is 2.81. The number of piperazine rings is 1. The first-order chi connectivity index (χ1) is 9.75. The van der Waals surface area contributed by atoms with Crippen LogP contribution in [0.3, 0.4) is 0 Å². The van der Waals surface area contributed by atoms with Crippen molar-refractivity contribution >= 4 is 43.2 Å². The van der Waals surface area contributed by atoms with Crippen LogP contribution in [0.5, 0.6) is 0 Å². The van der Waals surface area contributed by atoms with Crippen LogP contribution in [-0.2, 0) is 4.74 Å². The number of rotatable bonds is 3. The minimum Gasteiger partial charge on any atom is -0.381 e. The van der Waals surface area contributed by atoms with Crippen molar-refractivity contribution in [3.63, 3.8) is 0 Å². The molecule has 0 aliphatic carbocycles. The van der Waals surface area contributed by atoms with E-state index >= 15 is 0 Å². The zero-order valence-corrected chi connectivity index (χ0v) is 15.4. The van der Waals surface area contributed by atoms with Gasteiger partial charge in [0.05, 0.1) is 3.79 Å². The number of thiophene rings is 1. The summed E-state index contributed by atoms with van der Waals surface area (Å²) in [7, 11) is 0. The van der Waals surface area contributed by atoms with Gasteiger partial charge in [-0.1, -0.05) is 0 Å². The van der Waals surface area contributed by atoms with Gasteiger partial charge in [-0.05, 0) is 56.7 Å². The van der Waals surface area contributed by atoms with E-state index in [1.807, 2.05) is 11.3 Å². The number of nitrogens with one attached hydrogen (secondary N) is 1. The molecule has 0 bridgehead atoms. The number of halogens is 2. The van der Waals surface area contributed by atoms with Crippen LogP contribution >= 0.6 is 43.2 Å². The van der Waals surface area contributed by atoms with Crippen molar-refractivity contribution < 1.29 is 4.74 Å². The molecule has 3 nitrogen and oxygen atoms in total. The van der Waals surface area contributed by atoms with Gasteiger partial charge in [-0.15, -0.1) is 11.3 Å². The van der Waals surface area contributed by atoms with Crippen LogP contribution in [0.1, 0.15) is 23.8 Å². The number of hydrogen-bond acceptors (Lipinski definition) is 4. The third-order valence-corrected chi connectivity index (χ3v) is 7.54. The molecule has 2 saturated heterocycles. The Balaban J connectivity index is 1.85. The van der Waals surface area contributed by atoms with Crippen LogP contribution in [0.4, 0.5) is 0 Å². The molecule has 0 spiro atoms. The number of ether oxygens (including phenoxy) is 1. The predicted octanol–water partition coefficient (Wildman–Crippen LogP) is 3.65. The molecule has 3 heterocycles. The van der Waals surface area contributed by atoms with E-state index in [1.165, 1.54) is 26.0 Å². The van der Waals surface area contributed by atoms with E-state index in [9.17, 15) is 0 Å². The van der Waals surface area contributed by atoms with Gasteiger partial charge in [0.15, 0.2) is 0 Å². The van der Waals surface area contributed by atoms with E-state index in [0.29, 0.717) is 6.04 Å². The van der Waals surface area contributed by atoms with Crippen LogP contribution in [0.25, 0.3) is 0 Å². The molecule has 3 rings (SSSR count). The fraction of sp³-hybridized carbons (Fsp3) is 0.714. The van der Waals surface area contributed by atoms with Crippen LogP contribution in [0.15, 0.2) is 14.3 Å². The van der Waals surface area contributed by atoms with Gasteiger partial charge in [-0.3, -0.25) is 4.90 Å². The quantitative estimate of drug-likeness (QED) is 0.802.